The molecule has 0 amide bonds. The average Bonchev–Trinajstić information content (AvgIpc) is 3.10. The first-order chi connectivity index (χ1) is 15.4. The van der Waals surface area contributed by atoms with E-state index in [-0.39, 0.29) is 0 Å². The van der Waals surface area contributed by atoms with Crippen LogP contribution in [0.2, 0.25) is 0 Å². The number of halogens is 3. The van der Waals surface area contributed by atoms with Gasteiger partial charge in [0.2, 0.25) is 0 Å². The second-order valence-electron chi connectivity index (χ2n) is 8.42. The van der Waals surface area contributed by atoms with Gasteiger partial charge in [0.05, 0.1) is 5.56 Å². The number of carboxylic acids is 1. The number of benzene rings is 2. The predicted octanol–water partition coefficient (Wildman–Crippen LogP) is 5.23. The molecule has 0 aliphatic heterocycles. The van der Waals surface area contributed by atoms with Crippen molar-refractivity contribution in [3.63, 3.8) is 0 Å². The van der Waals surface area contributed by atoms with E-state index in [0.29, 0.717) is 23.6 Å². The van der Waals surface area contributed by atoms with Gasteiger partial charge < -0.3 is 9.84 Å². The molecule has 176 valence electrons. The number of aliphatic carboxylic acids is 1. The Labute approximate surface area is 190 Å². The number of aryl methyl sites for hydroxylation is 4. The van der Waals surface area contributed by atoms with Crippen molar-refractivity contribution >= 4 is 5.97 Å². The molecule has 9 heteroatoms. The Morgan fingerprint density at radius 3 is 2.33 bits per heavy atom. The fourth-order valence-electron chi connectivity index (χ4n) is 3.32. The molecule has 1 N–H and O–H groups in total. The highest BCUT2D eigenvalue weighted by Crippen LogP contribution is 2.30. The van der Waals surface area contributed by atoms with Crippen molar-refractivity contribution in [2.75, 3.05) is 0 Å². The SMILES string of the molecule is Cc1cc(CCCc2nc(-c3ccc(C(F)(F)F)cc3)nn2C)ccc1OC(C)(C)C(=O)O. The largest absolute Gasteiger partial charge is 0.478 e. The summed E-state index contributed by atoms with van der Waals surface area (Å²) >= 11 is 0. The van der Waals surface area contributed by atoms with Gasteiger partial charge in [-0.05, 0) is 62.9 Å². The number of aromatic nitrogens is 3. The third-order valence-corrected chi connectivity index (χ3v) is 5.31. The summed E-state index contributed by atoms with van der Waals surface area (Å²) in [6.45, 7) is 4.88. The molecule has 0 aliphatic rings. The smallest absolute Gasteiger partial charge is 0.416 e. The van der Waals surface area contributed by atoms with Gasteiger partial charge in [-0.15, -0.1) is 0 Å². The Kier molecular flexibility index (Phi) is 6.81. The van der Waals surface area contributed by atoms with Crippen LogP contribution in [0.3, 0.4) is 0 Å². The summed E-state index contributed by atoms with van der Waals surface area (Å²) in [5.74, 6) is 0.621. The average molecular weight is 461 g/mol. The quantitative estimate of drug-likeness (QED) is 0.497. The number of carboxylic acid groups (broad SMARTS) is 1. The summed E-state index contributed by atoms with van der Waals surface area (Å²) in [5.41, 5.74) is 0.437. The predicted molar refractivity (Wildman–Crippen MR) is 117 cm³/mol. The molecule has 0 unspecified atom stereocenters. The second-order valence-corrected chi connectivity index (χ2v) is 8.42. The van der Waals surface area contributed by atoms with Gasteiger partial charge in [0.15, 0.2) is 11.4 Å². The van der Waals surface area contributed by atoms with E-state index in [2.05, 4.69) is 10.1 Å². The maximum Gasteiger partial charge on any atom is 0.416 e. The first kappa shape index (κ1) is 24.3. The van der Waals surface area contributed by atoms with E-state index in [1.54, 1.807) is 17.8 Å². The Morgan fingerprint density at radius 1 is 1.09 bits per heavy atom. The van der Waals surface area contributed by atoms with Crippen molar-refractivity contribution in [2.45, 2.75) is 51.8 Å². The molecule has 0 aliphatic carbocycles. The second kappa shape index (κ2) is 9.25. The minimum absolute atomic E-state index is 0.389. The Bertz CT molecular complexity index is 1140. The maximum absolute atomic E-state index is 12.8. The molecule has 3 aromatic rings. The molecule has 0 saturated heterocycles. The first-order valence-electron chi connectivity index (χ1n) is 10.5. The maximum atomic E-state index is 12.8. The van der Waals surface area contributed by atoms with Crippen LogP contribution in [0.1, 0.15) is 42.8 Å². The molecule has 0 saturated carbocycles. The monoisotopic (exact) mass is 461 g/mol. The number of carbonyl (C=O) groups is 1. The zero-order valence-corrected chi connectivity index (χ0v) is 18.9. The fourth-order valence-corrected chi connectivity index (χ4v) is 3.32. The van der Waals surface area contributed by atoms with Crippen LogP contribution in [0.15, 0.2) is 42.5 Å². The standard InChI is InChI=1S/C24H26F3N3O3/c1-15-14-16(8-13-19(15)33-23(2,3)22(31)32)6-5-7-20-28-21(29-30(20)4)17-9-11-18(12-10-17)24(25,26)27/h8-14H,5-7H2,1-4H3,(H,31,32). The van der Waals surface area contributed by atoms with Gasteiger partial charge in [0.25, 0.3) is 0 Å². The van der Waals surface area contributed by atoms with Crippen molar-refractivity contribution < 1.29 is 27.8 Å². The van der Waals surface area contributed by atoms with Crippen molar-refractivity contribution in [1.29, 1.82) is 0 Å². The number of alkyl halides is 3. The minimum atomic E-state index is -4.38. The van der Waals surface area contributed by atoms with Gasteiger partial charge in [-0.3, -0.25) is 4.68 Å². The molecule has 3 rings (SSSR count). The number of hydrogen-bond donors (Lipinski definition) is 1. The first-order valence-corrected chi connectivity index (χ1v) is 10.5. The van der Waals surface area contributed by atoms with E-state index in [1.165, 1.54) is 26.0 Å². The number of hydrogen-bond acceptors (Lipinski definition) is 4. The van der Waals surface area contributed by atoms with E-state index in [1.807, 2.05) is 19.1 Å². The summed E-state index contributed by atoms with van der Waals surface area (Å²) in [6.07, 6.45) is -2.17. The molecule has 0 spiro atoms. The molecule has 0 radical (unpaired) electrons. The third-order valence-electron chi connectivity index (χ3n) is 5.31. The van der Waals surface area contributed by atoms with Crippen LogP contribution in [-0.4, -0.2) is 31.4 Å². The molecular weight excluding hydrogens is 435 g/mol. The molecular formula is C24H26F3N3O3. The number of rotatable bonds is 8. The van der Waals surface area contributed by atoms with Gasteiger partial charge in [-0.2, -0.15) is 18.3 Å². The van der Waals surface area contributed by atoms with Crippen LogP contribution in [0.25, 0.3) is 11.4 Å². The molecule has 33 heavy (non-hydrogen) atoms. The molecule has 0 atom stereocenters. The highest BCUT2D eigenvalue weighted by molar-refractivity contribution is 5.76. The molecule has 0 bridgehead atoms. The van der Waals surface area contributed by atoms with Gasteiger partial charge >= 0.3 is 12.1 Å². The summed E-state index contributed by atoms with van der Waals surface area (Å²) < 4.78 is 45.5. The van der Waals surface area contributed by atoms with Crippen LogP contribution in [0, 0.1) is 6.92 Å². The molecule has 1 heterocycles. The van der Waals surface area contributed by atoms with E-state index in [9.17, 15) is 23.1 Å². The Hall–Kier alpha value is -3.36. The van der Waals surface area contributed by atoms with E-state index >= 15 is 0 Å². The summed E-state index contributed by atoms with van der Waals surface area (Å²) in [7, 11) is 1.76. The van der Waals surface area contributed by atoms with Crippen molar-refractivity contribution in [3.8, 4) is 17.1 Å². The lowest BCUT2D eigenvalue weighted by Gasteiger charge is -2.23. The number of ether oxygens (including phenoxy) is 1. The van der Waals surface area contributed by atoms with Crippen molar-refractivity contribution in [1.82, 2.24) is 14.8 Å². The van der Waals surface area contributed by atoms with Crippen molar-refractivity contribution in [2.24, 2.45) is 7.05 Å². The molecule has 1 aromatic heterocycles. The minimum Gasteiger partial charge on any atom is -0.478 e. The van der Waals surface area contributed by atoms with Crippen molar-refractivity contribution in [3.05, 3.63) is 65.0 Å². The van der Waals surface area contributed by atoms with Gasteiger partial charge in [-0.1, -0.05) is 24.3 Å². The molecule has 0 fully saturated rings. The van der Waals surface area contributed by atoms with Gasteiger partial charge in [0, 0.05) is 19.0 Å². The van der Waals surface area contributed by atoms with Gasteiger partial charge in [-0.25, -0.2) is 9.78 Å². The summed E-state index contributed by atoms with van der Waals surface area (Å²) in [5, 5.41) is 13.6. The lowest BCUT2D eigenvalue weighted by atomic mass is 10.0. The van der Waals surface area contributed by atoms with Crippen LogP contribution >= 0.6 is 0 Å². The summed E-state index contributed by atoms with van der Waals surface area (Å²) in [6, 6.07) is 10.5. The van der Waals surface area contributed by atoms with E-state index in [0.717, 1.165) is 41.9 Å². The van der Waals surface area contributed by atoms with E-state index < -0.39 is 23.3 Å². The van der Waals surface area contributed by atoms with Crippen LogP contribution in [0.5, 0.6) is 5.75 Å². The topological polar surface area (TPSA) is 77.2 Å². The Balaban J connectivity index is 1.62. The zero-order chi connectivity index (χ0) is 24.4. The highest BCUT2D eigenvalue weighted by Gasteiger charge is 2.30. The summed E-state index contributed by atoms with van der Waals surface area (Å²) in [4.78, 5) is 15.8. The lowest BCUT2D eigenvalue weighted by molar-refractivity contribution is -0.152. The normalized spacial score (nSPS) is 12.1. The number of nitrogens with zero attached hydrogens (tertiary/aromatic N) is 3. The Morgan fingerprint density at radius 2 is 1.76 bits per heavy atom. The van der Waals surface area contributed by atoms with Crippen LogP contribution in [-0.2, 0) is 30.9 Å². The molecule has 2 aromatic carbocycles. The molecule has 6 nitrogen and oxygen atoms in total. The van der Waals surface area contributed by atoms with E-state index in [4.69, 9.17) is 4.74 Å². The lowest BCUT2D eigenvalue weighted by Crippen LogP contribution is -2.38. The van der Waals surface area contributed by atoms with Crippen LogP contribution < -0.4 is 4.74 Å². The van der Waals surface area contributed by atoms with Crippen LogP contribution in [0.4, 0.5) is 13.2 Å². The third kappa shape index (κ3) is 5.91. The fraction of sp³-hybridized carbons (Fsp3) is 0.375. The van der Waals surface area contributed by atoms with Gasteiger partial charge in [0.1, 0.15) is 11.6 Å². The zero-order valence-electron chi connectivity index (χ0n) is 18.9. The highest BCUT2D eigenvalue weighted by atomic mass is 19.4.